The Balaban J connectivity index is 2.15. The van der Waals surface area contributed by atoms with E-state index in [1.807, 2.05) is 14.0 Å². The van der Waals surface area contributed by atoms with Crippen molar-refractivity contribution in [1.82, 2.24) is 9.62 Å². The molecular formula is C14H18ClF3N2O2S. The van der Waals surface area contributed by atoms with Crippen LogP contribution in [-0.2, 0) is 16.2 Å². The minimum atomic E-state index is -4.63. The van der Waals surface area contributed by atoms with E-state index in [1.165, 1.54) is 0 Å². The molecule has 0 heterocycles. The van der Waals surface area contributed by atoms with Crippen molar-refractivity contribution >= 4 is 21.6 Å². The van der Waals surface area contributed by atoms with Gasteiger partial charge in [0.2, 0.25) is 10.0 Å². The first-order valence-electron chi connectivity index (χ1n) is 7.10. The second-order valence-corrected chi connectivity index (χ2v) is 7.88. The molecule has 0 bridgehead atoms. The van der Waals surface area contributed by atoms with Crippen LogP contribution in [0.25, 0.3) is 0 Å². The molecule has 2 rings (SSSR count). The molecule has 0 spiro atoms. The van der Waals surface area contributed by atoms with E-state index < -0.39 is 26.7 Å². The van der Waals surface area contributed by atoms with Crippen molar-refractivity contribution in [2.75, 3.05) is 13.6 Å². The van der Waals surface area contributed by atoms with Crippen molar-refractivity contribution in [2.24, 2.45) is 0 Å². The molecule has 0 radical (unpaired) electrons. The van der Waals surface area contributed by atoms with Crippen LogP contribution in [0.3, 0.4) is 0 Å². The maximum Gasteiger partial charge on any atom is 0.416 e. The summed E-state index contributed by atoms with van der Waals surface area (Å²) < 4.78 is 65.1. The van der Waals surface area contributed by atoms with Crippen LogP contribution < -0.4 is 4.72 Å². The Bertz CT molecular complexity index is 675. The highest BCUT2D eigenvalue weighted by Gasteiger charge is 2.33. The van der Waals surface area contributed by atoms with Gasteiger partial charge in [-0.2, -0.15) is 13.2 Å². The van der Waals surface area contributed by atoms with Crippen molar-refractivity contribution < 1.29 is 21.6 Å². The van der Waals surface area contributed by atoms with Gasteiger partial charge in [-0.15, -0.1) is 0 Å². The van der Waals surface area contributed by atoms with Crippen LogP contribution in [0.15, 0.2) is 23.1 Å². The van der Waals surface area contributed by atoms with Gasteiger partial charge in [-0.1, -0.05) is 11.6 Å². The van der Waals surface area contributed by atoms with Crippen LogP contribution in [0.1, 0.15) is 25.3 Å². The second-order valence-electron chi connectivity index (χ2n) is 5.74. The van der Waals surface area contributed by atoms with E-state index in [0.29, 0.717) is 12.1 Å². The maximum atomic E-state index is 12.7. The quantitative estimate of drug-likeness (QED) is 0.837. The predicted molar refractivity (Wildman–Crippen MR) is 81.9 cm³/mol. The summed E-state index contributed by atoms with van der Waals surface area (Å²) >= 11 is 5.77. The molecule has 1 unspecified atom stereocenters. The van der Waals surface area contributed by atoms with E-state index in [4.69, 9.17) is 11.6 Å². The van der Waals surface area contributed by atoms with Crippen LogP contribution in [0.5, 0.6) is 0 Å². The monoisotopic (exact) mass is 370 g/mol. The Labute approximate surface area is 138 Å². The highest BCUT2D eigenvalue weighted by molar-refractivity contribution is 7.89. The van der Waals surface area contributed by atoms with Crippen LogP contribution >= 0.6 is 11.6 Å². The molecule has 1 aliphatic rings. The van der Waals surface area contributed by atoms with E-state index in [-0.39, 0.29) is 17.6 Å². The van der Waals surface area contributed by atoms with Gasteiger partial charge in [-0.3, -0.25) is 4.90 Å². The highest BCUT2D eigenvalue weighted by Crippen LogP contribution is 2.33. The zero-order valence-corrected chi connectivity index (χ0v) is 14.3. The normalized spacial score (nSPS) is 17.5. The molecule has 23 heavy (non-hydrogen) atoms. The summed E-state index contributed by atoms with van der Waals surface area (Å²) in [5, 5.41) is -0.242. The maximum absolute atomic E-state index is 12.7. The van der Waals surface area contributed by atoms with Crippen molar-refractivity contribution in [2.45, 2.75) is 42.9 Å². The summed E-state index contributed by atoms with van der Waals surface area (Å²) in [7, 11) is -2.22. The second kappa shape index (κ2) is 6.58. The summed E-state index contributed by atoms with van der Waals surface area (Å²) in [6, 6.07) is 2.64. The Morgan fingerprint density at radius 3 is 2.52 bits per heavy atom. The lowest BCUT2D eigenvalue weighted by molar-refractivity contribution is -0.137. The highest BCUT2D eigenvalue weighted by atomic mass is 35.5. The Morgan fingerprint density at radius 2 is 2.00 bits per heavy atom. The summed E-state index contributed by atoms with van der Waals surface area (Å²) in [4.78, 5) is 1.49. The summed E-state index contributed by atoms with van der Waals surface area (Å²) in [5.74, 6) is 0. The van der Waals surface area contributed by atoms with Crippen LogP contribution in [0.4, 0.5) is 13.2 Å². The first-order chi connectivity index (χ1) is 10.5. The molecule has 9 heteroatoms. The molecule has 1 aliphatic carbocycles. The molecule has 1 atom stereocenters. The SMILES string of the molecule is CC(CNS(=O)(=O)c1cc(C(F)(F)F)ccc1Cl)N(C)C1CC1. The molecule has 1 aromatic rings. The fourth-order valence-electron chi connectivity index (χ4n) is 2.18. The third-order valence-electron chi connectivity index (χ3n) is 3.93. The average Bonchev–Trinajstić information content (AvgIpc) is 3.27. The Hall–Kier alpha value is -0.830. The van der Waals surface area contributed by atoms with Crippen molar-refractivity contribution in [3.05, 3.63) is 28.8 Å². The number of sulfonamides is 1. The molecule has 0 amide bonds. The number of hydrogen-bond acceptors (Lipinski definition) is 3. The average molecular weight is 371 g/mol. The predicted octanol–water partition coefficient (Wildman–Crippen LogP) is 3.12. The topological polar surface area (TPSA) is 49.4 Å². The standard InChI is InChI=1S/C14H18ClF3N2O2S/c1-9(20(2)11-4-5-11)8-19-23(21,22)13-7-10(14(16,17)18)3-6-12(13)15/h3,6-7,9,11,19H,4-5,8H2,1-2H3. The van der Waals surface area contributed by atoms with E-state index >= 15 is 0 Å². The van der Waals surface area contributed by atoms with Gasteiger partial charge in [0.25, 0.3) is 0 Å². The lowest BCUT2D eigenvalue weighted by atomic mass is 10.2. The Morgan fingerprint density at radius 1 is 1.39 bits per heavy atom. The van der Waals surface area contributed by atoms with E-state index in [0.717, 1.165) is 25.0 Å². The zero-order valence-electron chi connectivity index (χ0n) is 12.7. The molecule has 0 saturated heterocycles. The molecule has 0 aromatic heterocycles. The number of nitrogens with zero attached hydrogens (tertiary/aromatic N) is 1. The fourth-order valence-corrected chi connectivity index (χ4v) is 3.82. The minimum absolute atomic E-state index is 0.0677. The largest absolute Gasteiger partial charge is 0.416 e. The van der Waals surface area contributed by atoms with Crippen molar-refractivity contribution in [3.8, 4) is 0 Å². The minimum Gasteiger partial charge on any atom is -0.299 e. The first kappa shape index (κ1) is 18.5. The van der Waals surface area contributed by atoms with E-state index in [9.17, 15) is 21.6 Å². The molecule has 1 N–H and O–H groups in total. The Kier molecular flexibility index (Phi) is 5.30. The third-order valence-corrected chi connectivity index (χ3v) is 5.84. The molecule has 1 aromatic carbocycles. The zero-order chi connectivity index (χ0) is 17.4. The van der Waals surface area contributed by atoms with E-state index in [1.54, 1.807) is 0 Å². The van der Waals surface area contributed by atoms with Gasteiger partial charge in [0.05, 0.1) is 10.6 Å². The number of halogens is 4. The van der Waals surface area contributed by atoms with Gasteiger partial charge in [-0.25, -0.2) is 13.1 Å². The number of benzene rings is 1. The summed E-state index contributed by atoms with van der Waals surface area (Å²) in [6.07, 6.45) is -2.48. The lowest BCUT2D eigenvalue weighted by Gasteiger charge is -2.24. The molecule has 130 valence electrons. The van der Waals surface area contributed by atoms with E-state index in [2.05, 4.69) is 9.62 Å². The van der Waals surface area contributed by atoms with Gasteiger partial charge in [0.1, 0.15) is 4.90 Å². The van der Waals surface area contributed by atoms with Gasteiger partial charge < -0.3 is 0 Å². The van der Waals surface area contributed by atoms with Gasteiger partial charge in [0.15, 0.2) is 0 Å². The van der Waals surface area contributed by atoms with Gasteiger partial charge in [0, 0.05) is 18.6 Å². The number of hydrogen-bond donors (Lipinski definition) is 1. The smallest absolute Gasteiger partial charge is 0.299 e. The van der Waals surface area contributed by atoms with Crippen LogP contribution in [0.2, 0.25) is 5.02 Å². The summed E-state index contributed by atoms with van der Waals surface area (Å²) in [5.41, 5.74) is -1.05. The number of nitrogens with one attached hydrogen (secondary N) is 1. The van der Waals surface area contributed by atoms with Crippen molar-refractivity contribution in [3.63, 3.8) is 0 Å². The molecule has 1 saturated carbocycles. The van der Waals surface area contributed by atoms with Crippen LogP contribution in [0, 0.1) is 0 Å². The van der Waals surface area contributed by atoms with Gasteiger partial charge >= 0.3 is 6.18 Å². The molecule has 4 nitrogen and oxygen atoms in total. The van der Waals surface area contributed by atoms with Gasteiger partial charge in [-0.05, 0) is 45.0 Å². The molecular weight excluding hydrogens is 353 g/mol. The third kappa shape index (κ3) is 4.59. The first-order valence-corrected chi connectivity index (χ1v) is 8.97. The van der Waals surface area contributed by atoms with Crippen molar-refractivity contribution in [1.29, 1.82) is 0 Å². The number of alkyl halides is 3. The summed E-state index contributed by atoms with van der Waals surface area (Å²) in [6.45, 7) is 1.95. The molecule has 1 fully saturated rings. The lowest BCUT2D eigenvalue weighted by Crippen LogP contribution is -2.41. The number of rotatable bonds is 6. The number of likely N-dealkylation sites (N-methyl/N-ethyl adjacent to an activating group) is 1. The fraction of sp³-hybridized carbons (Fsp3) is 0.571. The van der Waals surface area contributed by atoms with Crippen LogP contribution in [-0.4, -0.2) is 39.0 Å². The molecule has 0 aliphatic heterocycles.